The maximum atomic E-state index is 13.5. The number of carbonyl (C=O) groups excluding carboxylic acids is 1. The number of hydrogen-bond donors (Lipinski definition) is 0. The van der Waals surface area contributed by atoms with Crippen molar-refractivity contribution in [3.8, 4) is 0 Å². The molecule has 2 aromatic rings. The van der Waals surface area contributed by atoms with E-state index in [0.717, 1.165) is 10.4 Å². The number of carbonyl (C=O) groups is 1. The van der Waals surface area contributed by atoms with Crippen LogP contribution in [0.3, 0.4) is 0 Å². The summed E-state index contributed by atoms with van der Waals surface area (Å²) in [7, 11) is -4.09. The summed E-state index contributed by atoms with van der Waals surface area (Å²) in [5.74, 6) is -0.618. The molecule has 4 nitrogen and oxygen atoms in total. The fourth-order valence-electron chi connectivity index (χ4n) is 2.00. The van der Waals surface area contributed by atoms with E-state index in [4.69, 9.17) is 11.6 Å². The van der Waals surface area contributed by atoms with Gasteiger partial charge in [0.2, 0.25) is 5.24 Å². The third-order valence-corrected chi connectivity index (χ3v) is 5.87. The van der Waals surface area contributed by atoms with Crippen molar-refractivity contribution in [2.75, 3.05) is 4.31 Å². The van der Waals surface area contributed by atoms with Gasteiger partial charge in [-0.2, -0.15) is 0 Å². The number of halogens is 3. The maximum absolute atomic E-state index is 13.5. The van der Waals surface area contributed by atoms with Crippen LogP contribution in [-0.2, 0) is 14.8 Å². The van der Waals surface area contributed by atoms with Crippen LogP contribution in [0.4, 0.5) is 10.1 Å². The summed E-state index contributed by atoms with van der Waals surface area (Å²) in [5.41, 5.74) is 0.0226. The third-order valence-electron chi connectivity index (χ3n) is 3.11. The Hall–Kier alpha value is -1.44. The predicted molar refractivity (Wildman–Crippen MR) is 90.5 cm³/mol. The molecule has 1 atom stereocenters. The highest BCUT2D eigenvalue weighted by Crippen LogP contribution is 2.28. The van der Waals surface area contributed by atoms with Gasteiger partial charge in [0.15, 0.2) is 0 Å². The first kappa shape index (κ1) is 17.9. The molecule has 2 rings (SSSR count). The lowest BCUT2D eigenvalue weighted by Crippen LogP contribution is -2.42. The minimum Gasteiger partial charge on any atom is -0.279 e. The lowest BCUT2D eigenvalue weighted by Gasteiger charge is -2.28. The van der Waals surface area contributed by atoms with Crippen LogP contribution >= 0.6 is 27.5 Å². The van der Waals surface area contributed by atoms with Gasteiger partial charge >= 0.3 is 0 Å². The molecule has 0 heterocycles. The number of nitrogens with zero attached hydrogens (tertiary/aromatic N) is 1. The molecular weight excluding hydrogens is 409 g/mol. The van der Waals surface area contributed by atoms with Crippen LogP contribution in [0.15, 0.2) is 57.9 Å². The van der Waals surface area contributed by atoms with Gasteiger partial charge in [0.05, 0.1) is 10.6 Å². The van der Waals surface area contributed by atoms with Crippen molar-refractivity contribution in [3.63, 3.8) is 0 Å². The summed E-state index contributed by atoms with van der Waals surface area (Å²) in [6.07, 6.45) is 0. The lowest BCUT2D eigenvalue weighted by atomic mass is 10.2. The molecule has 0 aromatic heterocycles. The predicted octanol–water partition coefficient (Wildman–Crippen LogP) is 3.94. The van der Waals surface area contributed by atoms with E-state index in [2.05, 4.69) is 15.9 Å². The Morgan fingerprint density at radius 3 is 2.35 bits per heavy atom. The third kappa shape index (κ3) is 3.91. The van der Waals surface area contributed by atoms with E-state index < -0.39 is 27.1 Å². The Balaban J connectivity index is 2.61. The van der Waals surface area contributed by atoms with Crippen LogP contribution in [0.5, 0.6) is 0 Å². The van der Waals surface area contributed by atoms with E-state index >= 15 is 0 Å². The quantitative estimate of drug-likeness (QED) is 0.689. The van der Waals surface area contributed by atoms with Crippen LogP contribution in [0.25, 0.3) is 0 Å². The highest BCUT2D eigenvalue weighted by Gasteiger charge is 2.32. The van der Waals surface area contributed by atoms with Gasteiger partial charge in [0.1, 0.15) is 11.9 Å². The minimum atomic E-state index is -4.09. The van der Waals surface area contributed by atoms with Crippen LogP contribution < -0.4 is 4.31 Å². The zero-order valence-corrected chi connectivity index (χ0v) is 15.1. The molecule has 122 valence electrons. The average molecular weight is 421 g/mol. The van der Waals surface area contributed by atoms with E-state index in [9.17, 15) is 17.6 Å². The SMILES string of the molecule is CC(C(=O)Cl)N(c1cccc(F)c1)S(=O)(=O)c1ccc(Br)cc1. The van der Waals surface area contributed by atoms with Crippen molar-refractivity contribution in [2.24, 2.45) is 0 Å². The van der Waals surface area contributed by atoms with Crippen molar-refractivity contribution in [1.29, 1.82) is 0 Å². The van der Waals surface area contributed by atoms with Crippen LogP contribution in [0.2, 0.25) is 0 Å². The molecule has 0 spiro atoms. The van der Waals surface area contributed by atoms with Crippen LogP contribution in [-0.4, -0.2) is 19.7 Å². The second-order valence-corrected chi connectivity index (χ2v) is 7.82. The van der Waals surface area contributed by atoms with Crippen molar-refractivity contribution >= 4 is 48.5 Å². The number of benzene rings is 2. The van der Waals surface area contributed by atoms with E-state index in [-0.39, 0.29) is 10.6 Å². The fourth-order valence-corrected chi connectivity index (χ4v) is 4.03. The molecule has 0 saturated carbocycles. The molecular formula is C15H12BrClFNO3S. The van der Waals surface area contributed by atoms with Crippen molar-refractivity contribution in [1.82, 2.24) is 0 Å². The van der Waals surface area contributed by atoms with E-state index in [1.807, 2.05) is 0 Å². The van der Waals surface area contributed by atoms with Gasteiger partial charge in [0.25, 0.3) is 10.0 Å². The van der Waals surface area contributed by atoms with Gasteiger partial charge in [-0.3, -0.25) is 9.10 Å². The molecule has 0 aliphatic rings. The maximum Gasteiger partial charge on any atom is 0.265 e. The van der Waals surface area contributed by atoms with E-state index in [0.29, 0.717) is 4.47 Å². The summed E-state index contributed by atoms with van der Waals surface area (Å²) >= 11 is 8.71. The van der Waals surface area contributed by atoms with Gasteiger partial charge in [-0.25, -0.2) is 12.8 Å². The average Bonchev–Trinajstić information content (AvgIpc) is 2.47. The van der Waals surface area contributed by atoms with Crippen molar-refractivity contribution < 1.29 is 17.6 Å². The first-order valence-electron chi connectivity index (χ1n) is 6.48. The Morgan fingerprint density at radius 1 is 1.22 bits per heavy atom. The summed E-state index contributed by atoms with van der Waals surface area (Å²) in [6, 6.07) is 9.68. The molecule has 1 unspecified atom stereocenters. The Kier molecular flexibility index (Phi) is 5.44. The summed E-state index contributed by atoms with van der Waals surface area (Å²) < 4.78 is 40.8. The Bertz CT molecular complexity index is 827. The van der Waals surface area contributed by atoms with Crippen LogP contribution in [0, 0.1) is 5.82 Å². The summed E-state index contributed by atoms with van der Waals surface area (Å²) in [5, 5.41) is -0.866. The zero-order chi connectivity index (χ0) is 17.2. The van der Waals surface area contributed by atoms with Crippen LogP contribution in [0.1, 0.15) is 6.92 Å². The lowest BCUT2D eigenvalue weighted by molar-refractivity contribution is -0.112. The van der Waals surface area contributed by atoms with Crippen molar-refractivity contribution in [2.45, 2.75) is 17.9 Å². The Morgan fingerprint density at radius 2 is 1.83 bits per heavy atom. The number of rotatable bonds is 5. The summed E-state index contributed by atoms with van der Waals surface area (Å²) in [6.45, 7) is 1.34. The highest BCUT2D eigenvalue weighted by molar-refractivity contribution is 9.10. The first-order chi connectivity index (χ1) is 10.7. The molecule has 8 heteroatoms. The largest absolute Gasteiger partial charge is 0.279 e. The minimum absolute atomic E-state index is 0.0226. The molecule has 2 aromatic carbocycles. The fraction of sp³-hybridized carbons (Fsp3) is 0.133. The van der Waals surface area contributed by atoms with Crippen molar-refractivity contribution in [3.05, 3.63) is 58.8 Å². The van der Waals surface area contributed by atoms with E-state index in [1.165, 1.54) is 37.3 Å². The van der Waals surface area contributed by atoms with Gasteiger partial charge in [0, 0.05) is 4.47 Å². The molecule has 0 aliphatic heterocycles. The summed E-state index contributed by atoms with van der Waals surface area (Å²) in [4.78, 5) is 11.5. The Labute approximate surface area is 147 Å². The second-order valence-electron chi connectivity index (χ2n) is 4.71. The topological polar surface area (TPSA) is 54.5 Å². The van der Waals surface area contributed by atoms with Gasteiger partial charge in [-0.1, -0.05) is 22.0 Å². The zero-order valence-electron chi connectivity index (χ0n) is 11.9. The molecule has 0 aliphatic carbocycles. The number of sulfonamides is 1. The second kappa shape index (κ2) is 6.98. The smallest absolute Gasteiger partial charge is 0.265 e. The van der Waals surface area contributed by atoms with E-state index in [1.54, 1.807) is 12.1 Å². The van der Waals surface area contributed by atoms with Gasteiger partial charge in [-0.15, -0.1) is 0 Å². The number of hydrogen-bond acceptors (Lipinski definition) is 3. The molecule has 0 amide bonds. The molecule has 0 saturated heterocycles. The molecule has 23 heavy (non-hydrogen) atoms. The van der Waals surface area contributed by atoms with Gasteiger partial charge in [-0.05, 0) is 61.0 Å². The first-order valence-corrected chi connectivity index (χ1v) is 9.09. The molecule has 0 radical (unpaired) electrons. The monoisotopic (exact) mass is 419 g/mol. The van der Waals surface area contributed by atoms with Gasteiger partial charge < -0.3 is 0 Å². The normalized spacial score (nSPS) is 12.7. The molecule has 0 fully saturated rings. The number of anilines is 1. The standard InChI is InChI=1S/C15H12BrClFNO3S/c1-10(15(17)20)19(13-4-2-3-12(18)9-13)23(21,22)14-7-5-11(16)6-8-14/h2-10H,1H3. The molecule has 0 N–H and O–H groups in total. The molecule has 0 bridgehead atoms. The highest BCUT2D eigenvalue weighted by atomic mass is 79.9.